The Balaban J connectivity index is 1.27. The number of nitrogens with one attached hydrogen (secondary N) is 2. The lowest BCUT2D eigenvalue weighted by Crippen LogP contribution is -2.29. The molecule has 0 atom stereocenters. The molecule has 0 aliphatic rings. The van der Waals surface area contributed by atoms with Crippen LogP contribution in [0.15, 0.2) is 54.6 Å². The number of nitrogens with zero attached hydrogens (tertiary/aromatic N) is 7. The highest BCUT2D eigenvalue weighted by Gasteiger charge is 2.18. The highest BCUT2D eigenvalue weighted by Crippen LogP contribution is 2.26. The van der Waals surface area contributed by atoms with E-state index in [1.54, 1.807) is 4.68 Å². The number of carbonyl (C=O) groups excluding carboxylic acids is 1. The number of hydrogen-bond acceptors (Lipinski definition) is 6. The predicted molar refractivity (Wildman–Crippen MR) is 132 cm³/mol. The first-order chi connectivity index (χ1) is 17.1. The number of hydrogen-bond donors (Lipinski definition) is 2. The molecule has 0 bridgehead atoms. The lowest BCUT2D eigenvalue weighted by atomic mass is 10.2. The van der Waals surface area contributed by atoms with E-state index in [0.29, 0.717) is 30.1 Å². The molecule has 0 radical (unpaired) electrons. The summed E-state index contributed by atoms with van der Waals surface area (Å²) in [6, 6.07) is 17.6. The highest BCUT2D eigenvalue weighted by atomic mass is 16.1. The maximum absolute atomic E-state index is 12.9. The van der Waals surface area contributed by atoms with Gasteiger partial charge in [-0.3, -0.25) is 4.79 Å². The van der Waals surface area contributed by atoms with Gasteiger partial charge in [-0.05, 0) is 38.1 Å². The lowest BCUT2D eigenvalue weighted by Gasteiger charge is -2.08. The standard InChI is InChI=1S/C25H23N9O/c1-15-13-16(2)34(32-15)25-29-24-23(30-31-25)17-7-3-6-10-20(17)33(24)14-22(35)26-12-11-21-27-18-8-4-5-9-19(18)28-21/h3-10,13H,11-12,14H2,1-2H3,(H,26,35)(H,27,28). The zero-order valence-electron chi connectivity index (χ0n) is 19.4. The number of H-pyrrole nitrogens is 1. The van der Waals surface area contributed by atoms with E-state index in [4.69, 9.17) is 4.98 Å². The highest BCUT2D eigenvalue weighted by molar-refractivity contribution is 6.04. The Morgan fingerprint density at radius 2 is 1.86 bits per heavy atom. The minimum Gasteiger partial charge on any atom is -0.354 e. The Morgan fingerprint density at radius 1 is 1.03 bits per heavy atom. The molecule has 0 fully saturated rings. The predicted octanol–water partition coefficient (Wildman–Crippen LogP) is 3.02. The van der Waals surface area contributed by atoms with Crippen molar-refractivity contribution < 1.29 is 4.79 Å². The van der Waals surface area contributed by atoms with Crippen LogP contribution in [0.2, 0.25) is 0 Å². The van der Waals surface area contributed by atoms with E-state index < -0.39 is 0 Å². The summed E-state index contributed by atoms with van der Waals surface area (Å²) in [6.45, 7) is 4.44. The number of carbonyl (C=O) groups is 1. The van der Waals surface area contributed by atoms with Crippen LogP contribution in [-0.4, -0.2) is 51.9 Å². The van der Waals surface area contributed by atoms with Crippen LogP contribution in [0.5, 0.6) is 0 Å². The molecular weight excluding hydrogens is 442 g/mol. The molecule has 0 aliphatic carbocycles. The second-order valence-electron chi connectivity index (χ2n) is 8.53. The molecule has 2 N–H and O–H groups in total. The molecule has 1 amide bonds. The maximum Gasteiger partial charge on any atom is 0.272 e. The van der Waals surface area contributed by atoms with Gasteiger partial charge in [-0.2, -0.15) is 10.1 Å². The number of fused-ring (bicyclic) bond motifs is 4. The van der Waals surface area contributed by atoms with Crippen molar-refractivity contribution in [2.75, 3.05) is 6.54 Å². The molecule has 6 rings (SSSR count). The van der Waals surface area contributed by atoms with Gasteiger partial charge < -0.3 is 14.9 Å². The average molecular weight is 466 g/mol. The molecular formula is C25H23N9O. The molecule has 174 valence electrons. The smallest absolute Gasteiger partial charge is 0.272 e. The first-order valence-electron chi connectivity index (χ1n) is 11.4. The molecule has 0 spiro atoms. The van der Waals surface area contributed by atoms with Gasteiger partial charge in [-0.15, -0.1) is 10.2 Å². The molecule has 6 aromatic rings. The molecule has 2 aromatic carbocycles. The third kappa shape index (κ3) is 3.78. The molecule has 0 aliphatic heterocycles. The number of aryl methyl sites for hydroxylation is 2. The second kappa shape index (κ2) is 8.32. The number of aromatic amines is 1. The molecule has 0 saturated heterocycles. The van der Waals surface area contributed by atoms with Crippen molar-refractivity contribution in [3.63, 3.8) is 0 Å². The molecule has 35 heavy (non-hydrogen) atoms. The minimum atomic E-state index is -0.116. The molecule has 4 aromatic heterocycles. The van der Waals surface area contributed by atoms with E-state index in [-0.39, 0.29) is 12.5 Å². The van der Waals surface area contributed by atoms with Crippen LogP contribution in [0.1, 0.15) is 17.2 Å². The van der Waals surface area contributed by atoms with Gasteiger partial charge in [0, 0.05) is 24.0 Å². The number of para-hydroxylation sites is 3. The molecule has 4 heterocycles. The van der Waals surface area contributed by atoms with E-state index in [1.165, 1.54) is 0 Å². The minimum absolute atomic E-state index is 0.111. The van der Waals surface area contributed by atoms with Crippen molar-refractivity contribution in [3.8, 4) is 5.95 Å². The number of aromatic nitrogens is 8. The first-order valence-corrected chi connectivity index (χ1v) is 11.4. The summed E-state index contributed by atoms with van der Waals surface area (Å²) in [7, 11) is 0. The van der Waals surface area contributed by atoms with Crippen LogP contribution in [0.3, 0.4) is 0 Å². The Morgan fingerprint density at radius 3 is 2.69 bits per heavy atom. The van der Waals surface area contributed by atoms with Crippen molar-refractivity contribution in [3.05, 3.63) is 71.8 Å². The number of benzene rings is 2. The third-order valence-electron chi connectivity index (χ3n) is 5.99. The summed E-state index contributed by atoms with van der Waals surface area (Å²) < 4.78 is 3.54. The van der Waals surface area contributed by atoms with E-state index in [0.717, 1.165) is 39.1 Å². The summed E-state index contributed by atoms with van der Waals surface area (Å²) in [5, 5.41) is 17.1. The lowest BCUT2D eigenvalue weighted by molar-refractivity contribution is -0.121. The monoisotopic (exact) mass is 465 g/mol. The van der Waals surface area contributed by atoms with Crippen molar-refractivity contribution in [2.24, 2.45) is 0 Å². The SMILES string of the molecule is Cc1cc(C)n(-c2nnc3c4ccccc4n(CC(=O)NCCc4nc5ccccc5[nH]4)c3n2)n1. The van der Waals surface area contributed by atoms with Gasteiger partial charge in [-0.1, -0.05) is 30.3 Å². The van der Waals surface area contributed by atoms with Gasteiger partial charge in [0.25, 0.3) is 5.95 Å². The second-order valence-corrected chi connectivity index (χ2v) is 8.53. The molecule has 0 unspecified atom stereocenters. The Bertz CT molecular complexity index is 1680. The van der Waals surface area contributed by atoms with Crippen LogP contribution in [0.4, 0.5) is 0 Å². The summed E-state index contributed by atoms with van der Waals surface area (Å²) >= 11 is 0. The van der Waals surface area contributed by atoms with Gasteiger partial charge in [0.05, 0.1) is 22.2 Å². The number of amides is 1. The Labute approximate surface area is 200 Å². The van der Waals surface area contributed by atoms with Crippen LogP contribution in [0, 0.1) is 13.8 Å². The van der Waals surface area contributed by atoms with Crippen LogP contribution >= 0.6 is 0 Å². The molecule has 0 saturated carbocycles. The van der Waals surface area contributed by atoms with Crippen molar-refractivity contribution >= 4 is 39.0 Å². The van der Waals surface area contributed by atoms with E-state index in [9.17, 15) is 4.79 Å². The zero-order valence-corrected chi connectivity index (χ0v) is 19.4. The average Bonchev–Trinajstić information content (AvgIpc) is 3.52. The van der Waals surface area contributed by atoms with Crippen molar-refractivity contribution in [1.82, 2.24) is 44.8 Å². The number of imidazole rings is 1. The van der Waals surface area contributed by atoms with E-state index in [1.807, 2.05) is 73.0 Å². The maximum atomic E-state index is 12.9. The molecule has 10 heteroatoms. The summed E-state index contributed by atoms with van der Waals surface area (Å²) in [5.41, 5.74) is 5.82. The summed E-state index contributed by atoms with van der Waals surface area (Å²) in [6.07, 6.45) is 0.611. The zero-order chi connectivity index (χ0) is 23.9. The van der Waals surface area contributed by atoms with Crippen molar-refractivity contribution in [2.45, 2.75) is 26.8 Å². The largest absolute Gasteiger partial charge is 0.354 e. The van der Waals surface area contributed by atoms with Gasteiger partial charge >= 0.3 is 0 Å². The fourth-order valence-electron chi connectivity index (χ4n) is 4.42. The van der Waals surface area contributed by atoms with Gasteiger partial charge in [0.1, 0.15) is 17.9 Å². The summed E-state index contributed by atoms with van der Waals surface area (Å²) in [5.74, 6) is 1.10. The quantitative estimate of drug-likeness (QED) is 0.390. The van der Waals surface area contributed by atoms with Crippen LogP contribution < -0.4 is 5.32 Å². The fraction of sp³-hybridized carbons (Fsp3) is 0.200. The fourth-order valence-corrected chi connectivity index (χ4v) is 4.42. The summed E-state index contributed by atoms with van der Waals surface area (Å²) in [4.78, 5) is 25.5. The number of rotatable bonds is 6. The van der Waals surface area contributed by atoms with Crippen LogP contribution in [0.25, 0.3) is 39.0 Å². The van der Waals surface area contributed by atoms with E-state index >= 15 is 0 Å². The van der Waals surface area contributed by atoms with E-state index in [2.05, 4.69) is 30.6 Å². The Kier molecular flexibility index (Phi) is 4.98. The Hall–Kier alpha value is -4.60. The third-order valence-corrected chi connectivity index (χ3v) is 5.99. The van der Waals surface area contributed by atoms with Gasteiger partial charge in [0.2, 0.25) is 5.91 Å². The molecule has 10 nitrogen and oxygen atoms in total. The van der Waals surface area contributed by atoms with Crippen molar-refractivity contribution in [1.29, 1.82) is 0 Å². The van der Waals surface area contributed by atoms with Gasteiger partial charge in [-0.25, -0.2) is 9.67 Å². The van der Waals surface area contributed by atoms with Gasteiger partial charge in [0.15, 0.2) is 5.65 Å². The first kappa shape index (κ1) is 21.0. The topological polar surface area (TPSA) is 119 Å². The van der Waals surface area contributed by atoms with Crippen LogP contribution in [-0.2, 0) is 17.8 Å². The normalized spacial score (nSPS) is 11.6.